The quantitative estimate of drug-likeness (QED) is 0.646. The Balaban J connectivity index is 1.46. The van der Waals surface area contributed by atoms with Crippen LogP contribution < -0.4 is 0 Å². The summed E-state index contributed by atoms with van der Waals surface area (Å²) in [6.07, 6.45) is 4.36. The first-order valence-electron chi connectivity index (χ1n) is 10.1. The van der Waals surface area contributed by atoms with Crippen molar-refractivity contribution in [3.05, 3.63) is 71.0 Å². The lowest BCUT2D eigenvalue weighted by Crippen LogP contribution is -2.39. The third-order valence-corrected chi connectivity index (χ3v) is 6.16. The number of carbonyl (C=O) groups excluding carboxylic acids is 1. The van der Waals surface area contributed by atoms with Crippen LogP contribution in [0, 0.1) is 13.8 Å². The lowest BCUT2D eigenvalue weighted by molar-refractivity contribution is 0.0689. The molecule has 0 N–H and O–H groups in total. The molecule has 0 bridgehead atoms. The highest BCUT2D eigenvalue weighted by atomic mass is 16.2. The summed E-state index contributed by atoms with van der Waals surface area (Å²) in [4.78, 5) is 24.2. The number of amides is 1. The third kappa shape index (κ3) is 3.64. The van der Waals surface area contributed by atoms with Gasteiger partial charge in [0.15, 0.2) is 0 Å². The number of hydrogen-bond donors (Lipinski definition) is 0. The van der Waals surface area contributed by atoms with Gasteiger partial charge in [-0.3, -0.25) is 4.79 Å². The van der Waals surface area contributed by atoms with Gasteiger partial charge in [0.25, 0.3) is 5.91 Å². The van der Waals surface area contributed by atoms with Gasteiger partial charge in [-0.05, 0) is 69.2 Å². The Kier molecular flexibility index (Phi) is 5.12. The van der Waals surface area contributed by atoms with E-state index in [1.54, 1.807) is 0 Å². The Hall–Kier alpha value is -2.75. The molecule has 1 aliphatic carbocycles. The minimum atomic E-state index is 0.0742. The summed E-state index contributed by atoms with van der Waals surface area (Å²) in [6, 6.07) is 16.7. The number of rotatable bonds is 3. The summed E-state index contributed by atoms with van der Waals surface area (Å²) >= 11 is 0. The molecule has 0 spiro atoms. The average Bonchev–Trinajstić information content (AvgIpc) is 2.74. The number of carbonyl (C=O) groups is 1. The second-order valence-corrected chi connectivity index (χ2v) is 7.93. The fourth-order valence-electron chi connectivity index (χ4n) is 4.25. The van der Waals surface area contributed by atoms with Crippen molar-refractivity contribution in [1.29, 1.82) is 0 Å². The smallest absolute Gasteiger partial charge is 0.253 e. The summed E-state index contributed by atoms with van der Waals surface area (Å²) < 4.78 is 0. The van der Waals surface area contributed by atoms with E-state index in [2.05, 4.69) is 40.3 Å². The third-order valence-electron chi connectivity index (χ3n) is 6.16. The topological polar surface area (TPSA) is 46.1 Å². The van der Waals surface area contributed by atoms with Crippen molar-refractivity contribution in [1.82, 2.24) is 14.9 Å². The largest absolute Gasteiger partial charge is 0.339 e. The number of benzene rings is 2. The van der Waals surface area contributed by atoms with Gasteiger partial charge in [0.2, 0.25) is 0 Å². The molecule has 4 rings (SSSR count). The second-order valence-electron chi connectivity index (χ2n) is 7.93. The fraction of sp³-hybridized carbons (Fsp3) is 0.375. The molecule has 0 saturated heterocycles. The molecule has 1 heterocycles. The van der Waals surface area contributed by atoms with Crippen LogP contribution in [0.4, 0.5) is 0 Å². The molecule has 144 valence electrons. The van der Waals surface area contributed by atoms with E-state index >= 15 is 0 Å². The molecule has 0 aliphatic heterocycles. The highest BCUT2D eigenvalue weighted by molar-refractivity contribution is 5.97. The number of nitrogens with zero attached hydrogens (tertiary/aromatic N) is 3. The van der Waals surface area contributed by atoms with Gasteiger partial charge in [0.05, 0.1) is 22.4 Å². The summed E-state index contributed by atoms with van der Waals surface area (Å²) in [6.45, 7) is 3.91. The minimum absolute atomic E-state index is 0.0742. The van der Waals surface area contributed by atoms with E-state index in [1.165, 1.54) is 5.56 Å². The average molecular weight is 374 g/mol. The molecule has 1 fully saturated rings. The molecular weight excluding hydrogens is 346 g/mol. The molecule has 2 aromatic carbocycles. The zero-order valence-corrected chi connectivity index (χ0v) is 16.9. The Morgan fingerprint density at radius 1 is 0.893 bits per heavy atom. The van der Waals surface area contributed by atoms with Gasteiger partial charge in [0, 0.05) is 18.7 Å². The molecule has 28 heavy (non-hydrogen) atoms. The number of hydrogen-bond acceptors (Lipinski definition) is 3. The summed E-state index contributed by atoms with van der Waals surface area (Å²) in [5.41, 5.74) is 5.58. The summed E-state index contributed by atoms with van der Waals surface area (Å²) in [7, 11) is 1.94. The molecule has 1 aliphatic rings. The summed E-state index contributed by atoms with van der Waals surface area (Å²) in [5.74, 6) is 0.688. The molecule has 0 unspecified atom stereocenters. The van der Waals surface area contributed by atoms with Crippen LogP contribution in [0.5, 0.6) is 0 Å². The molecule has 1 amide bonds. The first kappa shape index (κ1) is 18.6. The molecule has 0 radical (unpaired) electrons. The van der Waals surface area contributed by atoms with Crippen LogP contribution >= 0.6 is 0 Å². The van der Waals surface area contributed by atoms with Crippen molar-refractivity contribution >= 4 is 16.9 Å². The lowest BCUT2D eigenvalue weighted by Gasteiger charge is -2.35. The molecule has 1 aromatic heterocycles. The lowest BCUT2D eigenvalue weighted by atomic mass is 9.81. The predicted molar refractivity (Wildman–Crippen MR) is 113 cm³/mol. The predicted octanol–water partition coefficient (Wildman–Crippen LogP) is 5.05. The Bertz CT molecular complexity index is 991. The van der Waals surface area contributed by atoms with Crippen molar-refractivity contribution in [2.24, 2.45) is 0 Å². The number of aromatic nitrogens is 2. The standard InChI is InChI=1S/C24H27N3O/c1-16-17(2)26-23-15-20(11-14-22(23)25-16)24(28)27(3)21-12-9-19(10-13-21)18-7-5-4-6-8-18/h4-8,11,14-15,19,21H,9-10,12-13H2,1-3H3. The molecular formula is C24H27N3O. The van der Waals surface area contributed by atoms with Crippen LogP contribution in [-0.4, -0.2) is 33.9 Å². The van der Waals surface area contributed by atoms with Crippen molar-refractivity contribution in [2.45, 2.75) is 51.5 Å². The van der Waals surface area contributed by atoms with Gasteiger partial charge in [0.1, 0.15) is 0 Å². The maximum Gasteiger partial charge on any atom is 0.253 e. The molecule has 1 saturated carbocycles. The van der Waals surface area contributed by atoms with Crippen LogP contribution in [0.25, 0.3) is 11.0 Å². The summed E-state index contributed by atoms with van der Waals surface area (Å²) in [5, 5.41) is 0. The van der Waals surface area contributed by atoms with Gasteiger partial charge >= 0.3 is 0 Å². The van der Waals surface area contributed by atoms with E-state index in [1.807, 2.05) is 44.0 Å². The number of fused-ring (bicyclic) bond motifs is 1. The normalized spacial score (nSPS) is 19.5. The molecule has 4 nitrogen and oxygen atoms in total. The Labute approximate surface area is 166 Å². The van der Waals surface area contributed by atoms with Gasteiger partial charge in [-0.15, -0.1) is 0 Å². The minimum Gasteiger partial charge on any atom is -0.339 e. The maximum atomic E-state index is 13.1. The molecule has 0 atom stereocenters. The Morgan fingerprint density at radius 3 is 2.21 bits per heavy atom. The van der Waals surface area contributed by atoms with Crippen LogP contribution in [0.15, 0.2) is 48.5 Å². The second kappa shape index (κ2) is 7.70. The highest BCUT2D eigenvalue weighted by Gasteiger charge is 2.27. The zero-order chi connectivity index (χ0) is 19.7. The van der Waals surface area contributed by atoms with Gasteiger partial charge in [-0.25, -0.2) is 9.97 Å². The van der Waals surface area contributed by atoms with Crippen LogP contribution in [-0.2, 0) is 0 Å². The monoisotopic (exact) mass is 373 g/mol. The SMILES string of the molecule is Cc1nc2ccc(C(=O)N(C)C3CCC(c4ccccc4)CC3)cc2nc1C. The van der Waals surface area contributed by atoms with Crippen molar-refractivity contribution in [2.75, 3.05) is 7.05 Å². The van der Waals surface area contributed by atoms with Gasteiger partial charge < -0.3 is 4.90 Å². The fourth-order valence-corrected chi connectivity index (χ4v) is 4.25. The molecule has 4 heteroatoms. The van der Waals surface area contributed by atoms with Crippen molar-refractivity contribution < 1.29 is 4.79 Å². The van der Waals surface area contributed by atoms with Crippen molar-refractivity contribution in [3.63, 3.8) is 0 Å². The zero-order valence-electron chi connectivity index (χ0n) is 16.9. The van der Waals surface area contributed by atoms with E-state index < -0.39 is 0 Å². The van der Waals surface area contributed by atoms with Crippen LogP contribution in [0.3, 0.4) is 0 Å². The molecule has 3 aromatic rings. The van der Waals surface area contributed by atoms with E-state index in [0.717, 1.165) is 48.1 Å². The first-order chi connectivity index (χ1) is 13.5. The number of aryl methyl sites for hydroxylation is 2. The van der Waals surface area contributed by atoms with Crippen LogP contribution in [0.2, 0.25) is 0 Å². The van der Waals surface area contributed by atoms with Crippen LogP contribution in [0.1, 0.15) is 58.9 Å². The first-order valence-corrected chi connectivity index (χ1v) is 10.1. The Morgan fingerprint density at radius 2 is 1.54 bits per heavy atom. The van der Waals surface area contributed by atoms with Gasteiger partial charge in [-0.2, -0.15) is 0 Å². The van der Waals surface area contributed by atoms with E-state index in [-0.39, 0.29) is 5.91 Å². The van der Waals surface area contributed by atoms with Gasteiger partial charge in [-0.1, -0.05) is 30.3 Å². The highest BCUT2D eigenvalue weighted by Crippen LogP contribution is 2.34. The van der Waals surface area contributed by atoms with Crippen molar-refractivity contribution in [3.8, 4) is 0 Å². The van der Waals surface area contributed by atoms with E-state index in [9.17, 15) is 4.79 Å². The van der Waals surface area contributed by atoms with E-state index in [0.29, 0.717) is 17.5 Å². The maximum absolute atomic E-state index is 13.1. The van der Waals surface area contributed by atoms with E-state index in [4.69, 9.17) is 0 Å².